The normalized spacial score (nSPS) is 41.7. The Morgan fingerprint density at radius 1 is 1.09 bits per heavy atom. The van der Waals surface area contributed by atoms with E-state index >= 15 is 0 Å². The van der Waals surface area contributed by atoms with Gasteiger partial charge in [-0.25, -0.2) is 0 Å². The first kappa shape index (κ1) is 7.64. The van der Waals surface area contributed by atoms with E-state index in [2.05, 4.69) is 6.92 Å². The van der Waals surface area contributed by atoms with Crippen LogP contribution in [0.2, 0.25) is 0 Å². The molecule has 0 heteroatoms. The number of hydrogen-bond donors (Lipinski definition) is 0. The Morgan fingerprint density at radius 2 is 1.73 bits per heavy atom. The largest absolute Gasteiger partial charge is 0.0654 e. The second-order valence-electron chi connectivity index (χ2n) is 4.58. The molecule has 0 aromatic heterocycles. The van der Waals surface area contributed by atoms with E-state index in [1.807, 2.05) is 0 Å². The average molecular weight is 152 g/mol. The first-order chi connectivity index (χ1) is 5.40. The van der Waals surface area contributed by atoms with Crippen molar-refractivity contribution in [2.24, 2.45) is 17.8 Å². The lowest BCUT2D eigenvalue weighted by molar-refractivity contribution is 0.219. The topological polar surface area (TPSA) is 0 Å². The fraction of sp³-hybridized carbons (Fsp3) is 1.00. The van der Waals surface area contributed by atoms with Gasteiger partial charge in [0.1, 0.15) is 0 Å². The second-order valence-corrected chi connectivity index (χ2v) is 4.58. The molecule has 2 aliphatic rings. The lowest BCUT2D eigenvalue weighted by Gasteiger charge is -2.29. The molecule has 0 aromatic carbocycles. The fourth-order valence-corrected chi connectivity index (χ4v) is 2.94. The summed E-state index contributed by atoms with van der Waals surface area (Å²) in [5.41, 5.74) is 0. The number of unbranched alkanes of at least 4 members (excludes halogenated alkanes) is 1. The zero-order valence-corrected chi connectivity index (χ0v) is 7.68. The molecule has 11 heavy (non-hydrogen) atoms. The summed E-state index contributed by atoms with van der Waals surface area (Å²) in [7, 11) is 0. The van der Waals surface area contributed by atoms with Crippen LogP contribution in [0.3, 0.4) is 0 Å². The van der Waals surface area contributed by atoms with Gasteiger partial charge >= 0.3 is 0 Å². The summed E-state index contributed by atoms with van der Waals surface area (Å²) in [6, 6.07) is 0. The molecule has 0 aliphatic heterocycles. The van der Waals surface area contributed by atoms with Crippen molar-refractivity contribution >= 4 is 0 Å². The third-order valence-electron chi connectivity index (χ3n) is 3.81. The van der Waals surface area contributed by atoms with Crippen molar-refractivity contribution in [3.63, 3.8) is 0 Å². The van der Waals surface area contributed by atoms with Crippen LogP contribution >= 0.6 is 0 Å². The molecule has 0 spiro atoms. The molecule has 0 bridgehead atoms. The van der Waals surface area contributed by atoms with Gasteiger partial charge in [0, 0.05) is 0 Å². The van der Waals surface area contributed by atoms with Crippen molar-refractivity contribution in [1.82, 2.24) is 0 Å². The summed E-state index contributed by atoms with van der Waals surface area (Å²) in [6.07, 6.45) is 10.7. The van der Waals surface area contributed by atoms with E-state index in [0.29, 0.717) is 0 Å². The van der Waals surface area contributed by atoms with E-state index in [4.69, 9.17) is 0 Å². The minimum Gasteiger partial charge on any atom is -0.0654 e. The van der Waals surface area contributed by atoms with Crippen LogP contribution in [-0.2, 0) is 0 Å². The van der Waals surface area contributed by atoms with Gasteiger partial charge in [0.15, 0.2) is 0 Å². The lowest BCUT2D eigenvalue weighted by atomic mass is 9.77. The van der Waals surface area contributed by atoms with Crippen LogP contribution in [0.15, 0.2) is 0 Å². The van der Waals surface area contributed by atoms with E-state index in [1.165, 1.54) is 31.1 Å². The highest BCUT2D eigenvalue weighted by Gasteiger charge is 2.39. The van der Waals surface area contributed by atoms with Crippen LogP contribution in [0.4, 0.5) is 0 Å². The predicted octanol–water partition coefficient (Wildman–Crippen LogP) is 3.61. The maximum absolute atomic E-state index is 2.31. The molecule has 2 fully saturated rings. The molecule has 2 unspecified atom stereocenters. The molecule has 2 atom stereocenters. The smallest absolute Gasteiger partial charge is 0.0383 e. The van der Waals surface area contributed by atoms with Crippen LogP contribution in [0.1, 0.15) is 51.9 Å². The summed E-state index contributed by atoms with van der Waals surface area (Å²) in [5.74, 6) is 3.49. The van der Waals surface area contributed by atoms with E-state index in [1.54, 1.807) is 25.7 Å². The van der Waals surface area contributed by atoms with Gasteiger partial charge in [-0.3, -0.25) is 0 Å². The van der Waals surface area contributed by atoms with E-state index in [9.17, 15) is 0 Å². The predicted molar refractivity (Wildman–Crippen MR) is 48.5 cm³/mol. The maximum Gasteiger partial charge on any atom is -0.0383 e. The lowest BCUT2D eigenvalue weighted by Crippen LogP contribution is -2.18. The average Bonchev–Trinajstić information content (AvgIpc) is 2.25. The summed E-state index contributed by atoms with van der Waals surface area (Å²) in [5, 5.41) is 0. The van der Waals surface area contributed by atoms with Crippen LogP contribution in [0.25, 0.3) is 0 Å². The monoisotopic (exact) mass is 152 g/mol. The zero-order chi connectivity index (χ0) is 7.68. The SMILES string of the molecule is CCCCC1CC2CCC2C1. The van der Waals surface area contributed by atoms with Crippen LogP contribution in [0, 0.1) is 17.8 Å². The van der Waals surface area contributed by atoms with Gasteiger partial charge in [-0.15, -0.1) is 0 Å². The van der Waals surface area contributed by atoms with Crippen molar-refractivity contribution < 1.29 is 0 Å². The standard InChI is InChI=1S/C11H20/c1-2-3-4-9-7-10-5-6-11(10)8-9/h9-11H,2-8H2,1H3. The zero-order valence-electron chi connectivity index (χ0n) is 7.68. The Hall–Kier alpha value is 0. The molecule has 0 nitrogen and oxygen atoms in total. The summed E-state index contributed by atoms with van der Waals surface area (Å²) >= 11 is 0. The molecule has 0 N–H and O–H groups in total. The second kappa shape index (κ2) is 3.16. The highest BCUT2D eigenvalue weighted by molar-refractivity contribution is 4.90. The summed E-state index contributed by atoms with van der Waals surface area (Å²) < 4.78 is 0. The molecule has 64 valence electrons. The maximum atomic E-state index is 2.31. The fourth-order valence-electron chi connectivity index (χ4n) is 2.94. The van der Waals surface area contributed by atoms with E-state index < -0.39 is 0 Å². The van der Waals surface area contributed by atoms with Crippen LogP contribution < -0.4 is 0 Å². The van der Waals surface area contributed by atoms with Crippen molar-refractivity contribution in [1.29, 1.82) is 0 Å². The third kappa shape index (κ3) is 1.45. The molecule has 2 rings (SSSR count). The van der Waals surface area contributed by atoms with Gasteiger partial charge in [-0.2, -0.15) is 0 Å². The molecule has 0 amide bonds. The van der Waals surface area contributed by atoms with Gasteiger partial charge in [-0.1, -0.05) is 26.2 Å². The molecule has 0 saturated heterocycles. The van der Waals surface area contributed by atoms with Crippen molar-refractivity contribution in [2.75, 3.05) is 0 Å². The number of fused-ring (bicyclic) bond motifs is 1. The number of rotatable bonds is 3. The third-order valence-corrected chi connectivity index (χ3v) is 3.81. The molecule has 0 heterocycles. The molecular weight excluding hydrogens is 132 g/mol. The minimum atomic E-state index is 1.13. The van der Waals surface area contributed by atoms with Gasteiger partial charge in [0.25, 0.3) is 0 Å². The molecule has 2 saturated carbocycles. The Balaban J connectivity index is 1.71. The van der Waals surface area contributed by atoms with Crippen LogP contribution in [-0.4, -0.2) is 0 Å². The summed E-state index contributed by atoms with van der Waals surface area (Å²) in [4.78, 5) is 0. The van der Waals surface area contributed by atoms with E-state index in [0.717, 1.165) is 5.92 Å². The molecular formula is C11H20. The van der Waals surface area contributed by atoms with Crippen molar-refractivity contribution in [2.45, 2.75) is 51.9 Å². The van der Waals surface area contributed by atoms with Gasteiger partial charge < -0.3 is 0 Å². The van der Waals surface area contributed by atoms with Gasteiger partial charge in [0.05, 0.1) is 0 Å². The highest BCUT2D eigenvalue weighted by atomic mass is 14.4. The minimum absolute atomic E-state index is 1.13. The Morgan fingerprint density at radius 3 is 2.18 bits per heavy atom. The Bertz CT molecular complexity index is 116. The Kier molecular flexibility index (Phi) is 2.20. The summed E-state index contributed by atoms with van der Waals surface area (Å²) in [6.45, 7) is 2.31. The number of hydrogen-bond acceptors (Lipinski definition) is 0. The Labute approximate surface area is 70.4 Å². The highest BCUT2D eigenvalue weighted by Crippen LogP contribution is 2.50. The van der Waals surface area contributed by atoms with Gasteiger partial charge in [-0.05, 0) is 43.4 Å². The molecule has 0 radical (unpaired) electrons. The molecule has 2 aliphatic carbocycles. The first-order valence-corrected chi connectivity index (χ1v) is 5.40. The quantitative estimate of drug-likeness (QED) is 0.579. The first-order valence-electron chi connectivity index (χ1n) is 5.40. The van der Waals surface area contributed by atoms with Gasteiger partial charge in [0.2, 0.25) is 0 Å². The van der Waals surface area contributed by atoms with Crippen molar-refractivity contribution in [3.8, 4) is 0 Å². The molecule has 0 aromatic rings. The van der Waals surface area contributed by atoms with E-state index in [-0.39, 0.29) is 0 Å². The van der Waals surface area contributed by atoms with Crippen LogP contribution in [0.5, 0.6) is 0 Å². The van der Waals surface area contributed by atoms with Crippen molar-refractivity contribution in [3.05, 3.63) is 0 Å².